The normalized spacial score (nSPS) is 19.9. The van der Waals surface area contributed by atoms with E-state index in [1.807, 2.05) is 30.3 Å². The zero-order valence-corrected chi connectivity index (χ0v) is 18.2. The number of nitrogens with one attached hydrogen (secondary N) is 1. The van der Waals surface area contributed by atoms with Crippen LogP contribution in [0.1, 0.15) is 24.0 Å². The van der Waals surface area contributed by atoms with Crippen molar-refractivity contribution in [3.05, 3.63) is 58.6 Å². The predicted molar refractivity (Wildman–Crippen MR) is 114 cm³/mol. The van der Waals surface area contributed by atoms with E-state index < -0.39 is 15.7 Å². The Labute approximate surface area is 181 Å². The van der Waals surface area contributed by atoms with E-state index in [2.05, 4.69) is 10.2 Å². The van der Waals surface area contributed by atoms with Gasteiger partial charge in [0.25, 0.3) is 0 Å². The van der Waals surface area contributed by atoms with Crippen LogP contribution in [0, 0.1) is 6.92 Å². The average Bonchev–Trinajstić information content (AvgIpc) is 3.00. The van der Waals surface area contributed by atoms with Crippen LogP contribution < -0.4 is 5.32 Å². The molecule has 2 aromatic carbocycles. The number of halogens is 1. The summed E-state index contributed by atoms with van der Waals surface area (Å²) in [5.74, 6) is -0.329. The van der Waals surface area contributed by atoms with Gasteiger partial charge in [-0.3, -0.25) is 9.69 Å². The molecule has 1 amide bonds. The van der Waals surface area contributed by atoms with Gasteiger partial charge in [-0.05, 0) is 43.0 Å². The molecule has 0 bridgehead atoms. The van der Waals surface area contributed by atoms with E-state index in [-0.39, 0.29) is 41.2 Å². The molecule has 0 unspecified atom stereocenters. The fourth-order valence-corrected chi connectivity index (χ4v) is 6.25. The first kappa shape index (κ1) is 21.1. The molecule has 4 rings (SSSR count). The average molecular weight is 450 g/mol. The van der Waals surface area contributed by atoms with Gasteiger partial charge in [0, 0.05) is 24.7 Å². The summed E-state index contributed by atoms with van der Waals surface area (Å²) in [6.07, 6.45) is 0.927. The van der Waals surface area contributed by atoms with Crippen molar-refractivity contribution in [1.29, 1.82) is 0 Å². The van der Waals surface area contributed by atoms with Crippen molar-refractivity contribution in [3.63, 3.8) is 0 Å². The number of phenolic OH excluding ortho intramolecular Hbond substituents is 1. The molecule has 2 heterocycles. The minimum Gasteiger partial charge on any atom is -0.506 e. The summed E-state index contributed by atoms with van der Waals surface area (Å²) in [7, 11) is -3.91. The monoisotopic (exact) mass is 449 g/mol. The largest absolute Gasteiger partial charge is 0.506 e. The predicted octanol–water partition coefficient (Wildman–Crippen LogP) is 2.47. The van der Waals surface area contributed by atoms with Crippen molar-refractivity contribution in [2.45, 2.75) is 36.9 Å². The lowest BCUT2D eigenvalue weighted by atomic mass is 9.97. The number of rotatable bonds is 4. The third kappa shape index (κ3) is 3.80. The zero-order chi connectivity index (χ0) is 21.5. The number of phenols is 1. The summed E-state index contributed by atoms with van der Waals surface area (Å²) in [6.45, 7) is 2.98. The van der Waals surface area contributed by atoms with Gasteiger partial charge in [-0.15, -0.1) is 0 Å². The standard InChI is InChI=1S/C21H24ClN3O4S/c1-15-11-17(22)12-18(20(15)27)30(28,29)25-9-7-21(8-10-25)23-19(26)14-24(21)13-16-5-3-2-4-6-16/h2-6,11-12,27H,7-10,13-14H2,1H3,(H,23,26). The molecule has 2 N–H and O–H groups in total. The molecule has 2 aliphatic rings. The summed E-state index contributed by atoms with van der Waals surface area (Å²) in [5.41, 5.74) is 0.944. The van der Waals surface area contributed by atoms with Crippen LogP contribution in [-0.2, 0) is 21.4 Å². The van der Waals surface area contributed by atoms with Crippen molar-refractivity contribution >= 4 is 27.5 Å². The molecule has 0 atom stereocenters. The maximum absolute atomic E-state index is 13.2. The first-order chi connectivity index (χ1) is 14.2. The number of hydrogen-bond donors (Lipinski definition) is 2. The van der Waals surface area contributed by atoms with Crippen LogP contribution in [0.3, 0.4) is 0 Å². The topological polar surface area (TPSA) is 90.0 Å². The molecule has 9 heteroatoms. The minimum absolute atomic E-state index is 0.0506. The van der Waals surface area contributed by atoms with Crippen LogP contribution in [0.2, 0.25) is 5.02 Å². The number of aryl methyl sites for hydroxylation is 1. The molecule has 2 aliphatic heterocycles. The second-order valence-electron chi connectivity index (χ2n) is 7.89. The molecule has 2 aromatic rings. The molecule has 0 saturated carbocycles. The van der Waals surface area contributed by atoms with Gasteiger partial charge in [0.1, 0.15) is 10.6 Å². The Balaban J connectivity index is 1.54. The third-order valence-electron chi connectivity index (χ3n) is 5.93. The smallest absolute Gasteiger partial charge is 0.246 e. The number of hydrogen-bond acceptors (Lipinski definition) is 5. The molecule has 2 saturated heterocycles. The summed E-state index contributed by atoms with van der Waals surface area (Å²) >= 11 is 6.03. The van der Waals surface area contributed by atoms with Crippen molar-refractivity contribution < 1.29 is 18.3 Å². The van der Waals surface area contributed by atoms with E-state index in [9.17, 15) is 18.3 Å². The quantitative estimate of drug-likeness (QED) is 0.748. The number of benzene rings is 2. The Morgan fingerprint density at radius 2 is 1.83 bits per heavy atom. The Morgan fingerprint density at radius 1 is 1.17 bits per heavy atom. The molecule has 0 aromatic heterocycles. The summed E-state index contributed by atoms with van der Waals surface area (Å²) in [6, 6.07) is 12.7. The summed E-state index contributed by atoms with van der Waals surface area (Å²) in [4.78, 5) is 14.1. The van der Waals surface area contributed by atoms with E-state index >= 15 is 0 Å². The van der Waals surface area contributed by atoms with E-state index in [0.29, 0.717) is 24.9 Å². The fourth-order valence-electron chi connectivity index (χ4n) is 4.29. The number of nitrogens with zero attached hydrogens (tertiary/aromatic N) is 2. The maximum atomic E-state index is 13.2. The Hall–Kier alpha value is -2.13. The Morgan fingerprint density at radius 3 is 2.50 bits per heavy atom. The van der Waals surface area contributed by atoms with Gasteiger partial charge < -0.3 is 10.4 Å². The fraction of sp³-hybridized carbons (Fsp3) is 0.381. The summed E-state index contributed by atoms with van der Waals surface area (Å²) < 4.78 is 27.7. The van der Waals surface area contributed by atoms with Crippen LogP contribution in [0.25, 0.3) is 0 Å². The number of sulfonamides is 1. The SMILES string of the molecule is Cc1cc(Cl)cc(S(=O)(=O)N2CCC3(CC2)NC(=O)CN3Cc2ccccc2)c1O. The van der Waals surface area contributed by atoms with E-state index in [1.165, 1.54) is 16.4 Å². The molecule has 7 nitrogen and oxygen atoms in total. The first-order valence-electron chi connectivity index (χ1n) is 9.80. The van der Waals surface area contributed by atoms with Crippen molar-refractivity contribution in [2.75, 3.05) is 19.6 Å². The lowest BCUT2D eigenvalue weighted by molar-refractivity contribution is -0.119. The molecule has 2 fully saturated rings. The maximum Gasteiger partial charge on any atom is 0.246 e. The lowest BCUT2D eigenvalue weighted by Gasteiger charge is -2.43. The Bertz CT molecular complexity index is 1070. The van der Waals surface area contributed by atoms with E-state index in [0.717, 1.165) is 5.56 Å². The second kappa shape index (κ2) is 7.85. The van der Waals surface area contributed by atoms with Gasteiger partial charge in [-0.2, -0.15) is 4.31 Å². The molecule has 30 heavy (non-hydrogen) atoms. The first-order valence-corrected chi connectivity index (χ1v) is 11.6. The lowest BCUT2D eigenvalue weighted by Crippen LogP contribution is -2.58. The van der Waals surface area contributed by atoms with Crippen LogP contribution in [0.4, 0.5) is 0 Å². The van der Waals surface area contributed by atoms with Crippen molar-refractivity contribution in [3.8, 4) is 5.75 Å². The summed E-state index contributed by atoms with van der Waals surface area (Å²) in [5, 5.41) is 13.6. The van der Waals surface area contributed by atoms with E-state index in [4.69, 9.17) is 11.6 Å². The second-order valence-corrected chi connectivity index (χ2v) is 10.2. The highest BCUT2D eigenvalue weighted by Gasteiger charge is 2.48. The number of amides is 1. The molecular formula is C21H24ClN3O4S. The van der Waals surface area contributed by atoms with Gasteiger partial charge in [-0.25, -0.2) is 8.42 Å². The van der Waals surface area contributed by atoms with Gasteiger partial charge in [-0.1, -0.05) is 41.9 Å². The molecule has 0 radical (unpaired) electrons. The van der Waals surface area contributed by atoms with Crippen molar-refractivity contribution in [1.82, 2.24) is 14.5 Å². The molecular weight excluding hydrogens is 426 g/mol. The number of carbonyl (C=O) groups excluding carboxylic acids is 1. The van der Waals surface area contributed by atoms with Crippen LogP contribution in [0.15, 0.2) is 47.4 Å². The van der Waals surface area contributed by atoms with Crippen molar-refractivity contribution in [2.24, 2.45) is 0 Å². The van der Waals surface area contributed by atoms with Crippen LogP contribution in [0.5, 0.6) is 5.75 Å². The zero-order valence-electron chi connectivity index (χ0n) is 16.6. The van der Waals surface area contributed by atoms with Gasteiger partial charge in [0.05, 0.1) is 12.2 Å². The van der Waals surface area contributed by atoms with Gasteiger partial charge >= 0.3 is 0 Å². The number of piperidine rings is 1. The van der Waals surface area contributed by atoms with Crippen LogP contribution >= 0.6 is 11.6 Å². The highest BCUT2D eigenvalue weighted by atomic mass is 35.5. The van der Waals surface area contributed by atoms with Gasteiger partial charge in [0.15, 0.2) is 0 Å². The van der Waals surface area contributed by atoms with E-state index in [1.54, 1.807) is 6.92 Å². The number of carbonyl (C=O) groups is 1. The minimum atomic E-state index is -3.91. The molecule has 0 aliphatic carbocycles. The highest BCUT2D eigenvalue weighted by molar-refractivity contribution is 7.89. The van der Waals surface area contributed by atoms with Crippen LogP contribution in [-0.4, -0.2) is 53.9 Å². The third-order valence-corrected chi connectivity index (χ3v) is 8.06. The Kier molecular flexibility index (Phi) is 5.52. The number of aromatic hydroxyl groups is 1. The molecule has 160 valence electrons. The molecule has 1 spiro atoms. The van der Waals surface area contributed by atoms with Gasteiger partial charge in [0.2, 0.25) is 15.9 Å². The highest BCUT2D eigenvalue weighted by Crippen LogP contribution is 2.36.